The summed E-state index contributed by atoms with van der Waals surface area (Å²) in [7, 11) is 0. The van der Waals surface area contributed by atoms with E-state index in [0.29, 0.717) is 11.2 Å². The van der Waals surface area contributed by atoms with Crippen LogP contribution in [0.15, 0.2) is 22.8 Å². The number of aromatic nitrogens is 1. The maximum absolute atomic E-state index is 11.5. The van der Waals surface area contributed by atoms with Gasteiger partial charge in [0.2, 0.25) is 0 Å². The van der Waals surface area contributed by atoms with Crippen LogP contribution in [0.3, 0.4) is 0 Å². The first-order chi connectivity index (χ1) is 7.63. The normalized spacial score (nSPS) is 9.62. The molecule has 16 heavy (non-hydrogen) atoms. The zero-order chi connectivity index (χ0) is 12.0. The molecule has 0 bridgehead atoms. The number of hydrogen-bond donors (Lipinski definition) is 1. The summed E-state index contributed by atoms with van der Waals surface area (Å²) in [4.78, 5) is 26.4. The molecule has 0 aliphatic heterocycles. The maximum Gasteiger partial charge on any atom is 0.325 e. The van der Waals surface area contributed by atoms with Gasteiger partial charge in [0.1, 0.15) is 16.8 Å². The molecule has 0 aromatic carbocycles. The zero-order valence-corrected chi connectivity index (χ0v) is 10.3. The first kappa shape index (κ1) is 12.6. The Labute approximate surface area is 101 Å². The number of rotatable bonds is 4. The van der Waals surface area contributed by atoms with Crippen LogP contribution in [0.2, 0.25) is 0 Å². The van der Waals surface area contributed by atoms with E-state index in [1.807, 2.05) is 0 Å². The number of amides is 1. The number of halogens is 1. The van der Waals surface area contributed by atoms with Gasteiger partial charge in [0, 0.05) is 0 Å². The van der Waals surface area contributed by atoms with Crippen LogP contribution in [0, 0.1) is 0 Å². The van der Waals surface area contributed by atoms with Crippen LogP contribution in [0.4, 0.5) is 0 Å². The van der Waals surface area contributed by atoms with Crippen molar-refractivity contribution in [3.05, 3.63) is 28.5 Å². The predicted molar refractivity (Wildman–Crippen MR) is 60.9 cm³/mol. The number of nitrogens with one attached hydrogen (secondary N) is 1. The van der Waals surface area contributed by atoms with E-state index in [-0.39, 0.29) is 12.2 Å². The molecule has 5 nitrogen and oxygen atoms in total. The van der Waals surface area contributed by atoms with Gasteiger partial charge >= 0.3 is 5.97 Å². The SMILES string of the molecule is CCOC(=O)CNC(=O)c1cccc(Br)n1. The van der Waals surface area contributed by atoms with E-state index in [1.54, 1.807) is 25.1 Å². The van der Waals surface area contributed by atoms with Crippen LogP contribution in [-0.2, 0) is 9.53 Å². The highest BCUT2D eigenvalue weighted by atomic mass is 79.9. The van der Waals surface area contributed by atoms with Crippen molar-refractivity contribution in [1.82, 2.24) is 10.3 Å². The molecule has 0 atom stereocenters. The maximum atomic E-state index is 11.5. The smallest absolute Gasteiger partial charge is 0.325 e. The summed E-state index contributed by atoms with van der Waals surface area (Å²) in [6, 6.07) is 4.96. The number of carbonyl (C=O) groups is 2. The molecule has 1 heterocycles. The molecule has 1 rings (SSSR count). The standard InChI is InChI=1S/C10H11BrN2O3/c1-2-16-9(14)6-12-10(15)7-4-3-5-8(11)13-7/h3-5H,2,6H2,1H3,(H,12,15). The molecule has 1 N–H and O–H groups in total. The lowest BCUT2D eigenvalue weighted by molar-refractivity contribution is -0.141. The molecule has 0 saturated carbocycles. The Bertz CT molecular complexity index is 395. The van der Waals surface area contributed by atoms with Crippen molar-refractivity contribution in [1.29, 1.82) is 0 Å². The van der Waals surface area contributed by atoms with Gasteiger partial charge in [0.25, 0.3) is 5.91 Å². The van der Waals surface area contributed by atoms with E-state index < -0.39 is 11.9 Å². The highest BCUT2D eigenvalue weighted by molar-refractivity contribution is 9.10. The molecule has 1 amide bonds. The molecule has 0 radical (unpaired) electrons. The van der Waals surface area contributed by atoms with Crippen LogP contribution >= 0.6 is 15.9 Å². The lowest BCUT2D eigenvalue weighted by atomic mass is 10.3. The summed E-state index contributed by atoms with van der Waals surface area (Å²) < 4.78 is 5.23. The Hall–Kier alpha value is -1.43. The number of ether oxygens (including phenoxy) is 1. The van der Waals surface area contributed by atoms with Crippen LogP contribution in [0.25, 0.3) is 0 Å². The van der Waals surface area contributed by atoms with Crippen molar-refractivity contribution in [2.75, 3.05) is 13.2 Å². The molecule has 0 aliphatic rings. The van der Waals surface area contributed by atoms with E-state index in [0.717, 1.165) is 0 Å². The highest BCUT2D eigenvalue weighted by Crippen LogP contribution is 2.05. The van der Waals surface area contributed by atoms with Crippen molar-refractivity contribution in [3.63, 3.8) is 0 Å². The molecular formula is C10H11BrN2O3. The third-order valence-corrected chi connectivity index (χ3v) is 2.09. The summed E-state index contributed by atoms with van der Waals surface area (Å²) in [5, 5.41) is 2.41. The molecule has 0 aliphatic carbocycles. The summed E-state index contributed by atoms with van der Waals surface area (Å²) >= 11 is 3.15. The van der Waals surface area contributed by atoms with E-state index in [1.165, 1.54) is 0 Å². The topological polar surface area (TPSA) is 68.3 Å². The minimum Gasteiger partial charge on any atom is -0.465 e. The van der Waals surface area contributed by atoms with E-state index in [9.17, 15) is 9.59 Å². The quantitative estimate of drug-likeness (QED) is 0.666. The molecule has 0 saturated heterocycles. The molecule has 0 fully saturated rings. The van der Waals surface area contributed by atoms with Gasteiger partial charge in [-0.1, -0.05) is 6.07 Å². The second-order valence-electron chi connectivity index (χ2n) is 2.83. The summed E-state index contributed by atoms with van der Waals surface area (Å²) in [5.41, 5.74) is 0.249. The highest BCUT2D eigenvalue weighted by Gasteiger charge is 2.09. The van der Waals surface area contributed by atoms with Crippen LogP contribution in [0.1, 0.15) is 17.4 Å². The zero-order valence-electron chi connectivity index (χ0n) is 8.70. The number of nitrogens with zero attached hydrogens (tertiary/aromatic N) is 1. The van der Waals surface area contributed by atoms with Gasteiger partial charge in [0.15, 0.2) is 0 Å². The lowest BCUT2D eigenvalue weighted by Gasteiger charge is -2.04. The van der Waals surface area contributed by atoms with Gasteiger partial charge in [-0.15, -0.1) is 0 Å². The van der Waals surface area contributed by atoms with E-state index in [2.05, 4.69) is 31.0 Å². The Balaban J connectivity index is 2.50. The van der Waals surface area contributed by atoms with Gasteiger partial charge < -0.3 is 10.1 Å². The van der Waals surface area contributed by atoms with Crippen LogP contribution in [0.5, 0.6) is 0 Å². The molecule has 0 unspecified atom stereocenters. The van der Waals surface area contributed by atoms with Gasteiger partial charge in [-0.25, -0.2) is 4.98 Å². The number of pyridine rings is 1. The average molecular weight is 287 g/mol. The summed E-state index contributed by atoms with van der Waals surface area (Å²) in [6.07, 6.45) is 0. The van der Waals surface area contributed by atoms with Gasteiger partial charge in [-0.05, 0) is 35.0 Å². The molecule has 1 aromatic heterocycles. The van der Waals surface area contributed by atoms with Crippen molar-refractivity contribution in [2.45, 2.75) is 6.92 Å². The molecule has 6 heteroatoms. The molecular weight excluding hydrogens is 276 g/mol. The Kier molecular flexibility index (Phi) is 4.91. The first-order valence-corrected chi connectivity index (χ1v) is 5.49. The van der Waals surface area contributed by atoms with Crippen molar-refractivity contribution < 1.29 is 14.3 Å². The van der Waals surface area contributed by atoms with Crippen molar-refractivity contribution in [2.24, 2.45) is 0 Å². The Morgan fingerprint density at radius 3 is 2.88 bits per heavy atom. The fourth-order valence-electron chi connectivity index (χ4n) is 0.990. The molecule has 0 spiro atoms. The minimum atomic E-state index is -0.467. The van der Waals surface area contributed by atoms with Gasteiger partial charge in [-0.3, -0.25) is 9.59 Å². The van der Waals surface area contributed by atoms with Crippen molar-refractivity contribution >= 4 is 27.8 Å². The molecule has 1 aromatic rings. The molecule has 86 valence electrons. The average Bonchev–Trinajstić information content (AvgIpc) is 2.26. The monoisotopic (exact) mass is 286 g/mol. The minimum absolute atomic E-state index is 0.152. The number of carbonyl (C=O) groups excluding carboxylic acids is 2. The van der Waals surface area contributed by atoms with E-state index >= 15 is 0 Å². The van der Waals surface area contributed by atoms with Crippen molar-refractivity contribution in [3.8, 4) is 0 Å². The Morgan fingerprint density at radius 1 is 1.50 bits per heavy atom. The van der Waals surface area contributed by atoms with Gasteiger partial charge in [-0.2, -0.15) is 0 Å². The van der Waals surface area contributed by atoms with E-state index in [4.69, 9.17) is 0 Å². The number of hydrogen-bond acceptors (Lipinski definition) is 4. The second-order valence-corrected chi connectivity index (χ2v) is 3.65. The lowest BCUT2D eigenvalue weighted by Crippen LogP contribution is -2.31. The van der Waals surface area contributed by atoms with Crippen LogP contribution in [-0.4, -0.2) is 30.0 Å². The third kappa shape index (κ3) is 3.98. The number of esters is 1. The second kappa shape index (κ2) is 6.22. The fraction of sp³-hybridized carbons (Fsp3) is 0.300. The largest absolute Gasteiger partial charge is 0.465 e. The van der Waals surface area contributed by atoms with Crippen LogP contribution < -0.4 is 5.32 Å². The Morgan fingerprint density at radius 2 is 2.25 bits per heavy atom. The third-order valence-electron chi connectivity index (χ3n) is 1.65. The predicted octanol–water partition coefficient (Wildman–Crippen LogP) is 1.14. The van der Waals surface area contributed by atoms with Gasteiger partial charge in [0.05, 0.1) is 6.61 Å². The summed E-state index contributed by atoms with van der Waals surface area (Å²) in [6.45, 7) is 1.85. The summed E-state index contributed by atoms with van der Waals surface area (Å²) in [5.74, 6) is -0.875. The first-order valence-electron chi connectivity index (χ1n) is 4.70. The fourth-order valence-corrected chi connectivity index (χ4v) is 1.33.